The van der Waals surface area contributed by atoms with Gasteiger partial charge in [0.2, 0.25) is 0 Å². The molecule has 0 saturated heterocycles. The molecule has 3 aromatic rings. The van der Waals surface area contributed by atoms with E-state index in [9.17, 15) is 4.79 Å². The lowest BCUT2D eigenvalue weighted by atomic mass is 9.92. The van der Waals surface area contributed by atoms with Gasteiger partial charge in [0, 0.05) is 17.0 Å². The molecule has 0 amide bonds. The van der Waals surface area contributed by atoms with Crippen LogP contribution in [0.15, 0.2) is 54.6 Å². The number of carbonyl (C=O) groups is 1. The van der Waals surface area contributed by atoms with Gasteiger partial charge in [0.15, 0.2) is 5.78 Å². The summed E-state index contributed by atoms with van der Waals surface area (Å²) < 4.78 is 1.22. The molecule has 0 radical (unpaired) electrons. The van der Waals surface area contributed by atoms with E-state index in [0.29, 0.717) is 12.2 Å². The van der Waals surface area contributed by atoms with Gasteiger partial charge in [0.25, 0.3) is 0 Å². The van der Waals surface area contributed by atoms with E-state index < -0.39 is 0 Å². The maximum Gasteiger partial charge on any atom is 0.174 e. The Kier molecular flexibility index (Phi) is 2.32. The summed E-state index contributed by atoms with van der Waals surface area (Å²) in [5, 5.41) is 1.25. The summed E-state index contributed by atoms with van der Waals surface area (Å²) >= 11 is 1.64. The van der Waals surface area contributed by atoms with Crippen LogP contribution in [0, 0.1) is 0 Å². The van der Waals surface area contributed by atoms with Gasteiger partial charge in [-0.1, -0.05) is 48.5 Å². The predicted octanol–water partition coefficient (Wildman–Crippen LogP) is 4.62. The zero-order chi connectivity index (χ0) is 12.8. The highest BCUT2D eigenvalue weighted by atomic mass is 32.1. The summed E-state index contributed by atoms with van der Waals surface area (Å²) in [6.07, 6.45) is 0.621. The number of ketones is 1. The minimum Gasteiger partial charge on any atom is -0.293 e. The Balaban J connectivity index is 1.98. The van der Waals surface area contributed by atoms with Crippen molar-refractivity contribution in [2.24, 2.45) is 0 Å². The monoisotopic (exact) mass is 264 g/mol. The number of thiophene rings is 1. The van der Waals surface area contributed by atoms with Gasteiger partial charge in [-0.15, -0.1) is 11.3 Å². The molecular formula is C17H12OS. The van der Waals surface area contributed by atoms with Gasteiger partial charge < -0.3 is 0 Å². The molecule has 0 spiro atoms. The Morgan fingerprint density at radius 2 is 1.68 bits per heavy atom. The van der Waals surface area contributed by atoms with Crippen molar-refractivity contribution in [3.63, 3.8) is 0 Å². The molecule has 0 bridgehead atoms. The number of Topliss-reactive ketones (excluding diaryl/α,β-unsaturated/α-hetero) is 1. The van der Waals surface area contributed by atoms with E-state index in [2.05, 4.69) is 30.3 Å². The standard InChI is InChI=1S/C17H12OS/c18-14-10-13(11-6-2-1-3-7-11)16-12-8-4-5-9-15(12)19-17(14)16/h1-9,13H,10H2/t13-/m1/s1. The second-order valence-corrected chi connectivity index (χ2v) is 5.98. The highest BCUT2D eigenvalue weighted by molar-refractivity contribution is 7.21. The van der Waals surface area contributed by atoms with Crippen LogP contribution in [0.2, 0.25) is 0 Å². The van der Waals surface area contributed by atoms with Gasteiger partial charge in [-0.25, -0.2) is 0 Å². The van der Waals surface area contributed by atoms with Crippen LogP contribution < -0.4 is 0 Å². The van der Waals surface area contributed by atoms with E-state index in [0.717, 1.165) is 4.88 Å². The van der Waals surface area contributed by atoms with Crippen molar-refractivity contribution in [2.45, 2.75) is 12.3 Å². The zero-order valence-electron chi connectivity index (χ0n) is 10.3. The Morgan fingerprint density at radius 3 is 2.53 bits per heavy atom. The van der Waals surface area contributed by atoms with Gasteiger partial charge in [0.1, 0.15) is 0 Å². The van der Waals surface area contributed by atoms with E-state index in [1.54, 1.807) is 11.3 Å². The summed E-state index contributed by atoms with van der Waals surface area (Å²) in [5.41, 5.74) is 2.50. The number of fused-ring (bicyclic) bond motifs is 3. The van der Waals surface area contributed by atoms with Crippen molar-refractivity contribution in [3.05, 3.63) is 70.6 Å². The first-order chi connectivity index (χ1) is 9.34. The lowest BCUT2D eigenvalue weighted by molar-refractivity contribution is 0.0994. The number of hydrogen-bond donors (Lipinski definition) is 0. The molecule has 4 rings (SSSR count). The molecule has 19 heavy (non-hydrogen) atoms. The Bertz CT molecular complexity index is 770. The second kappa shape index (κ2) is 4.04. The van der Waals surface area contributed by atoms with Crippen LogP contribution in [0.1, 0.15) is 33.1 Å². The summed E-state index contributed by atoms with van der Waals surface area (Å²) in [6, 6.07) is 18.7. The molecule has 1 aliphatic carbocycles. The molecule has 0 saturated carbocycles. The first-order valence-corrected chi connectivity index (χ1v) is 7.26. The third-order valence-corrected chi connectivity index (χ3v) is 5.05. The largest absolute Gasteiger partial charge is 0.293 e. The van der Waals surface area contributed by atoms with Crippen LogP contribution in [-0.4, -0.2) is 5.78 Å². The molecule has 1 heterocycles. The third-order valence-electron chi connectivity index (χ3n) is 3.83. The van der Waals surface area contributed by atoms with E-state index in [-0.39, 0.29) is 5.92 Å². The van der Waals surface area contributed by atoms with Crippen LogP contribution in [0.5, 0.6) is 0 Å². The number of hydrogen-bond acceptors (Lipinski definition) is 2. The van der Waals surface area contributed by atoms with Gasteiger partial charge >= 0.3 is 0 Å². The van der Waals surface area contributed by atoms with Crippen molar-refractivity contribution in [1.82, 2.24) is 0 Å². The van der Waals surface area contributed by atoms with Crippen LogP contribution in [0.4, 0.5) is 0 Å². The highest BCUT2D eigenvalue weighted by Crippen LogP contribution is 2.46. The predicted molar refractivity (Wildman–Crippen MR) is 79.1 cm³/mol. The molecule has 1 atom stereocenters. The van der Waals surface area contributed by atoms with E-state index in [4.69, 9.17) is 0 Å². The molecule has 1 nitrogen and oxygen atoms in total. The molecule has 0 fully saturated rings. The van der Waals surface area contributed by atoms with Crippen molar-refractivity contribution in [1.29, 1.82) is 0 Å². The quantitative estimate of drug-likeness (QED) is 0.626. The van der Waals surface area contributed by atoms with Gasteiger partial charge in [-0.2, -0.15) is 0 Å². The fourth-order valence-corrected chi connectivity index (χ4v) is 4.18. The third kappa shape index (κ3) is 1.57. The summed E-state index contributed by atoms with van der Waals surface area (Å²) in [5.74, 6) is 0.532. The topological polar surface area (TPSA) is 17.1 Å². The summed E-state index contributed by atoms with van der Waals surface area (Å²) in [6.45, 7) is 0. The van der Waals surface area contributed by atoms with Crippen LogP contribution in [0.25, 0.3) is 10.1 Å². The van der Waals surface area contributed by atoms with Crippen molar-refractivity contribution in [3.8, 4) is 0 Å². The van der Waals surface area contributed by atoms with Crippen molar-refractivity contribution in [2.75, 3.05) is 0 Å². The fourth-order valence-electron chi connectivity index (χ4n) is 2.97. The smallest absolute Gasteiger partial charge is 0.174 e. The Hall–Kier alpha value is -1.93. The average Bonchev–Trinajstić information content (AvgIpc) is 2.98. The molecule has 1 aromatic heterocycles. The molecule has 1 aliphatic rings. The van der Waals surface area contributed by atoms with E-state index in [1.807, 2.05) is 24.3 Å². The minimum absolute atomic E-state index is 0.236. The second-order valence-electron chi connectivity index (χ2n) is 4.93. The van der Waals surface area contributed by atoms with Crippen LogP contribution >= 0.6 is 11.3 Å². The maximum absolute atomic E-state index is 12.2. The summed E-state index contributed by atoms with van der Waals surface area (Å²) in [7, 11) is 0. The number of benzene rings is 2. The zero-order valence-corrected chi connectivity index (χ0v) is 11.1. The average molecular weight is 264 g/mol. The number of rotatable bonds is 1. The lowest BCUT2D eigenvalue weighted by Crippen LogP contribution is -1.96. The molecule has 0 N–H and O–H groups in total. The van der Waals surface area contributed by atoms with Crippen molar-refractivity contribution >= 4 is 27.2 Å². The van der Waals surface area contributed by atoms with Gasteiger partial charge in [-0.05, 0) is 22.6 Å². The molecule has 2 aromatic carbocycles. The lowest BCUT2D eigenvalue weighted by Gasteiger charge is -2.10. The molecule has 2 heteroatoms. The normalized spacial score (nSPS) is 17.9. The maximum atomic E-state index is 12.2. The Labute approximate surface area is 115 Å². The van der Waals surface area contributed by atoms with E-state index in [1.165, 1.54) is 21.2 Å². The Morgan fingerprint density at radius 1 is 0.947 bits per heavy atom. The van der Waals surface area contributed by atoms with Crippen LogP contribution in [0.3, 0.4) is 0 Å². The fraction of sp³-hybridized carbons (Fsp3) is 0.118. The molecular weight excluding hydrogens is 252 g/mol. The van der Waals surface area contributed by atoms with Gasteiger partial charge in [-0.3, -0.25) is 4.79 Å². The highest BCUT2D eigenvalue weighted by Gasteiger charge is 2.34. The molecule has 92 valence electrons. The summed E-state index contributed by atoms with van der Waals surface area (Å²) in [4.78, 5) is 13.2. The molecule has 0 aliphatic heterocycles. The molecule has 0 unspecified atom stereocenters. The SMILES string of the molecule is O=C1C[C@H](c2ccccc2)c2c1sc1ccccc21. The first kappa shape index (κ1) is 10.9. The van der Waals surface area contributed by atoms with Crippen molar-refractivity contribution < 1.29 is 4.79 Å². The van der Waals surface area contributed by atoms with Crippen LogP contribution in [-0.2, 0) is 0 Å². The number of carbonyl (C=O) groups excluding carboxylic acids is 1. The minimum atomic E-state index is 0.236. The van der Waals surface area contributed by atoms with E-state index >= 15 is 0 Å². The first-order valence-electron chi connectivity index (χ1n) is 6.44. The van der Waals surface area contributed by atoms with Gasteiger partial charge in [0.05, 0.1) is 4.88 Å².